The monoisotopic (exact) mass is 393 g/mol. The van der Waals surface area contributed by atoms with Gasteiger partial charge in [0.1, 0.15) is 0 Å². The number of hydrogen-bond acceptors (Lipinski definition) is 2. The Hall–Kier alpha value is -3.05. The molecule has 0 atom stereocenters. The zero-order chi connectivity index (χ0) is 19.8. The number of carboxylic acids is 1. The fourth-order valence-corrected chi connectivity index (χ4v) is 3.73. The lowest BCUT2D eigenvalue weighted by Gasteiger charge is -2.07. The number of carboxylic acid groups (broad SMARTS) is 1. The van der Waals surface area contributed by atoms with Crippen LogP contribution in [-0.4, -0.2) is 25.8 Å². The molecule has 0 saturated heterocycles. The molecule has 0 radical (unpaired) electrons. The van der Waals surface area contributed by atoms with E-state index in [0.717, 1.165) is 44.7 Å². The summed E-state index contributed by atoms with van der Waals surface area (Å²) < 4.78 is 1.87. The van der Waals surface area contributed by atoms with Gasteiger partial charge in [0.05, 0.1) is 18.7 Å². The summed E-state index contributed by atoms with van der Waals surface area (Å²) in [5, 5.41) is 15.5. The van der Waals surface area contributed by atoms with Gasteiger partial charge < -0.3 is 10.1 Å². The summed E-state index contributed by atoms with van der Waals surface area (Å²) in [5.41, 5.74) is 6.66. The minimum absolute atomic E-state index is 0.00463. The van der Waals surface area contributed by atoms with E-state index in [1.807, 2.05) is 42.8 Å². The zero-order valence-electron chi connectivity index (χ0n) is 15.7. The Balaban J connectivity index is 1.65. The van der Waals surface area contributed by atoms with Crippen molar-refractivity contribution in [3.63, 3.8) is 0 Å². The highest BCUT2D eigenvalue weighted by Gasteiger charge is 2.15. The minimum Gasteiger partial charge on any atom is -0.481 e. The third kappa shape index (κ3) is 3.53. The Morgan fingerprint density at radius 2 is 2.00 bits per heavy atom. The highest BCUT2D eigenvalue weighted by molar-refractivity contribution is 6.31. The number of benzene rings is 2. The van der Waals surface area contributed by atoms with Gasteiger partial charge in [0.25, 0.3) is 0 Å². The average Bonchev–Trinajstić information content (AvgIpc) is 3.18. The lowest BCUT2D eigenvalue weighted by molar-refractivity contribution is -0.136. The van der Waals surface area contributed by atoms with Crippen molar-refractivity contribution in [2.24, 2.45) is 0 Å². The van der Waals surface area contributed by atoms with E-state index in [-0.39, 0.29) is 6.42 Å². The number of rotatable bonds is 5. The van der Waals surface area contributed by atoms with Crippen molar-refractivity contribution >= 4 is 28.5 Å². The quantitative estimate of drug-likeness (QED) is 0.502. The zero-order valence-corrected chi connectivity index (χ0v) is 16.4. The predicted octanol–water partition coefficient (Wildman–Crippen LogP) is 4.98. The van der Waals surface area contributed by atoms with E-state index in [4.69, 9.17) is 16.7 Å². The first-order chi connectivity index (χ1) is 13.4. The molecule has 2 aromatic carbocycles. The SMILES string of the molecule is Cc1nn(Cc2cccc(-c3cc4ccc(Cl)cc4[nH]3)c2)c(C)c1CC(=O)O. The fourth-order valence-electron chi connectivity index (χ4n) is 3.56. The van der Waals surface area contributed by atoms with E-state index in [1.54, 1.807) is 0 Å². The van der Waals surface area contributed by atoms with Crippen LogP contribution in [0.15, 0.2) is 48.5 Å². The number of nitrogens with one attached hydrogen (secondary N) is 1. The molecule has 0 aliphatic rings. The molecule has 2 N–H and O–H groups in total. The van der Waals surface area contributed by atoms with E-state index in [1.165, 1.54) is 0 Å². The van der Waals surface area contributed by atoms with Gasteiger partial charge in [0.2, 0.25) is 0 Å². The molecule has 142 valence electrons. The smallest absolute Gasteiger partial charge is 0.307 e. The molecular formula is C22H20ClN3O2. The Morgan fingerprint density at radius 3 is 2.79 bits per heavy atom. The second-order valence-electron chi connectivity index (χ2n) is 6.99. The van der Waals surface area contributed by atoms with Gasteiger partial charge in [-0.2, -0.15) is 5.10 Å². The van der Waals surface area contributed by atoms with Crippen LogP contribution in [0.2, 0.25) is 5.02 Å². The molecule has 0 amide bonds. The number of aromatic nitrogens is 3. The van der Waals surface area contributed by atoms with Gasteiger partial charge >= 0.3 is 5.97 Å². The van der Waals surface area contributed by atoms with E-state index in [9.17, 15) is 4.79 Å². The Bertz CT molecular complexity index is 1190. The molecule has 0 spiro atoms. The van der Waals surface area contributed by atoms with Crippen LogP contribution in [0, 0.1) is 13.8 Å². The summed E-state index contributed by atoms with van der Waals surface area (Å²) in [6.07, 6.45) is -0.00463. The Kier molecular flexibility index (Phi) is 4.69. The average molecular weight is 394 g/mol. The molecule has 0 bridgehead atoms. The molecule has 4 rings (SSSR count). The van der Waals surface area contributed by atoms with E-state index in [2.05, 4.69) is 34.3 Å². The van der Waals surface area contributed by atoms with Gasteiger partial charge in [-0.15, -0.1) is 0 Å². The van der Waals surface area contributed by atoms with Crippen molar-refractivity contribution in [1.29, 1.82) is 0 Å². The number of hydrogen-bond donors (Lipinski definition) is 2. The molecule has 6 heteroatoms. The Morgan fingerprint density at radius 1 is 1.18 bits per heavy atom. The summed E-state index contributed by atoms with van der Waals surface area (Å²) >= 11 is 6.08. The number of aromatic amines is 1. The first kappa shape index (κ1) is 18.3. The first-order valence-corrected chi connectivity index (χ1v) is 9.41. The molecule has 0 saturated carbocycles. The summed E-state index contributed by atoms with van der Waals surface area (Å²) in [4.78, 5) is 14.5. The van der Waals surface area contributed by atoms with Crippen LogP contribution in [0.4, 0.5) is 0 Å². The minimum atomic E-state index is -0.841. The third-order valence-electron chi connectivity index (χ3n) is 5.01. The second kappa shape index (κ2) is 7.17. The van der Waals surface area contributed by atoms with Crippen molar-refractivity contribution in [1.82, 2.24) is 14.8 Å². The molecular weight excluding hydrogens is 374 g/mol. The lowest BCUT2D eigenvalue weighted by Crippen LogP contribution is -2.06. The highest BCUT2D eigenvalue weighted by Crippen LogP contribution is 2.27. The maximum Gasteiger partial charge on any atom is 0.307 e. The number of carbonyl (C=O) groups is 1. The van der Waals surface area contributed by atoms with Crippen molar-refractivity contribution < 1.29 is 9.90 Å². The molecule has 0 fully saturated rings. The predicted molar refractivity (Wildman–Crippen MR) is 111 cm³/mol. The molecule has 4 aromatic rings. The summed E-state index contributed by atoms with van der Waals surface area (Å²) in [6.45, 7) is 4.36. The maximum absolute atomic E-state index is 11.1. The van der Waals surface area contributed by atoms with Crippen LogP contribution in [-0.2, 0) is 17.8 Å². The molecule has 5 nitrogen and oxygen atoms in total. The molecule has 28 heavy (non-hydrogen) atoms. The largest absolute Gasteiger partial charge is 0.481 e. The summed E-state index contributed by atoms with van der Waals surface area (Å²) in [5.74, 6) is -0.841. The maximum atomic E-state index is 11.1. The third-order valence-corrected chi connectivity index (χ3v) is 5.25. The summed E-state index contributed by atoms with van der Waals surface area (Å²) in [6, 6.07) is 16.2. The fraction of sp³-hybridized carbons (Fsp3) is 0.182. The van der Waals surface area contributed by atoms with Crippen LogP contribution in [0.1, 0.15) is 22.5 Å². The van der Waals surface area contributed by atoms with Crippen molar-refractivity contribution in [3.8, 4) is 11.3 Å². The molecule has 2 aromatic heterocycles. The number of H-pyrrole nitrogens is 1. The van der Waals surface area contributed by atoms with Crippen LogP contribution in [0.3, 0.4) is 0 Å². The normalized spacial score (nSPS) is 11.2. The molecule has 0 aliphatic heterocycles. The van der Waals surface area contributed by atoms with E-state index < -0.39 is 5.97 Å². The molecule has 0 aliphatic carbocycles. The van der Waals surface area contributed by atoms with E-state index in [0.29, 0.717) is 11.6 Å². The first-order valence-electron chi connectivity index (χ1n) is 9.03. The van der Waals surface area contributed by atoms with Gasteiger partial charge in [0.15, 0.2) is 0 Å². The molecule has 0 unspecified atom stereocenters. The van der Waals surface area contributed by atoms with Gasteiger partial charge in [0, 0.05) is 32.9 Å². The molecule has 2 heterocycles. The van der Waals surface area contributed by atoms with E-state index >= 15 is 0 Å². The topological polar surface area (TPSA) is 70.9 Å². The van der Waals surface area contributed by atoms with Gasteiger partial charge in [-0.1, -0.05) is 35.9 Å². The van der Waals surface area contributed by atoms with Crippen molar-refractivity contribution in [2.45, 2.75) is 26.8 Å². The number of nitrogens with zero attached hydrogens (tertiary/aromatic N) is 2. The van der Waals surface area contributed by atoms with Crippen LogP contribution in [0.5, 0.6) is 0 Å². The standard InChI is InChI=1S/C22H20ClN3O2/c1-13-19(11-22(27)28)14(2)26(25-13)12-15-4-3-5-16(8-15)20-9-17-6-7-18(23)10-21(17)24-20/h3-10,24H,11-12H2,1-2H3,(H,27,28). The number of aryl methyl sites for hydroxylation is 1. The summed E-state index contributed by atoms with van der Waals surface area (Å²) in [7, 11) is 0. The van der Waals surface area contributed by atoms with Crippen molar-refractivity contribution in [2.75, 3.05) is 0 Å². The number of halogens is 1. The number of fused-ring (bicyclic) bond motifs is 1. The Labute approximate surface area is 167 Å². The van der Waals surface area contributed by atoms with Crippen LogP contribution >= 0.6 is 11.6 Å². The van der Waals surface area contributed by atoms with Crippen LogP contribution < -0.4 is 0 Å². The van der Waals surface area contributed by atoms with Gasteiger partial charge in [-0.3, -0.25) is 9.48 Å². The van der Waals surface area contributed by atoms with Gasteiger partial charge in [-0.05, 0) is 49.2 Å². The van der Waals surface area contributed by atoms with Gasteiger partial charge in [-0.25, -0.2) is 0 Å². The highest BCUT2D eigenvalue weighted by atomic mass is 35.5. The second-order valence-corrected chi connectivity index (χ2v) is 7.43. The lowest BCUT2D eigenvalue weighted by atomic mass is 10.1. The van der Waals surface area contributed by atoms with Crippen LogP contribution in [0.25, 0.3) is 22.2 Å². The van der Waals surface area contributed by atoms with Crippen molar-refractivity contribution in [3.05, 3.63) is 76.1 Å². The number of aliphatic carboxylic acids is 1.